The minimum Gasteiger partial charge on any atom is -0.370 e. The molecule has 1 unspecified atom stereocenters. The summed E-state index contributed by atoms with van der Waals surface area (Å²) in [6, 6.07) is 13.4. The molecule has 30 heavy (non-hydrogen) atoms. The number of nitrogens with zero attached hydrogens (tertiary/aromatic N) is 1. The smallest absolute Gasteiger partial charge is 0.269 e. The quantitative estimate of drug-likeness (QED) is 0.0759. The van der Waals surface area contributed by atoms with Gasteiger partial charge in [-0.05, 0) is 25.0 Å². The number of hydrogen-bond acceptors (Lipinski definition) is 6. The third kappa shape index (κ3) is 6.26. The van der Waals surface area contributed by atoms with E-state index in [1.807, 2.05) is 0 Å². The number of carbonyl (C=O) groups excluding carboxylic acids is 2. The number of nitrogens with one attached hydrogen (secondary N) is 3. The lowest BCUT2D eigenvalue weighted by Gasteiger charge is -2.27. The third-order valence-corrected chi connectivity index (χ3v) is 4.25. The Morgan fingerprint density at radius 3 is 2.23 bits per heavy atom. The molecule has 2 aromatic carbocycles. The highest BCUT2D eigenvalue weighted by Gasteiger charge is 2.41. The van der Waals surface area contributed by atoms with Gasteiger partial charge in [-0.3, -0.25) is 25.1 Å². The summed E-state index contributed by atoms with van der Waals surface area (Å²) in [5.41, 5.74) is 10.1. The standard InChI is InChI=1S/C19H22N6O4.ClH/c20-18(21)23-12-4-11-19(22,16(26)13-5-2-1-3-6-13)17(27)24-14-7-9-15(10-8-14)25(28)29;/h1-3,5-10H,4,11-12,22H2,(H,24,27)(H4,20,21,23);1H. The van der Waals surface area contributed by atoms with Gasteiger partial charge < -0.3 is 22.1 Å². The van der Waals surface area contributed by atoms with Crippen molar-refractivity contribution in [3.8, 4) is 0 Å². The number of nitrogens with two attached hydrogens (primary N) is 2. The van der Waals surface area contributed by atoms with Gasteiger partial charge in [-0.15, -0.1) is 12.4 Å². The monoisotopic (exact) mass is 434 g/mol. The number of nitro groups is 1. The van der Waals surface area contributed by atoms with E-state index >= 15 is 0 Å². The molecule has 0 bridgehead atoms. The molecule has 0 spiro atoms. The van der Waals surface area contributed by atoms with Crippen LogP contribution in [0.2, 0.25) is 0 Å². The lowest BCUT2D eigenvalue weighted by Crippen LogP contribution is -2.57. The van der Waals surface area contributed by atoms with Crippen molar-refractivity contribution in [2.24, 2.45) is 11.5 Å². The molecule has 0 heterocycles. The fourth-order valence-corrected chi connectivity index (χ4v) is 2.68. The van der Waals surface area contributed by atoms with Gasteiger partial charge in [0.1, 0.15) is 0 Å². The summed E-state index contributed by atoms with van der Waals surface area (Å²) in [6.07, 6.45) is 0.308. The van der Waals surface area contributed by atoms with E-state index in [1.54, 1.807) is 30.3 Å². The van der Waals surface area contributed by atoms with Crippen molar-refractivity contribution in [1.29, 1.82) is 5.41 Å². The summed E-state index contributed by atoms with van der Waals surface area (Å²) in [5.74, 6) is -1.51. The number of ketones is 1. The van der Waals surface area contributed by atoms with Gasteiger partial charge in [0.05, 0.1) is 4.92 Å². The second kappa shape index (κ2) is 10.9. The predicted octanol–water partition coefficient (Wildman–Crippen LogP) is 1.80. The maximum absolute atomic E-state index is 13.0. The number of non-ortho nitro benzene ring substituents is 1. The molecule has 0 aliphatic rings. The van der Waals surface area contributed by atoms with Crippen molar-refractivity contribution >= 4 is 41.4 Å². The topological polar surface area (TPSA) is 177 Å². The van der Waals surface area contributed by atoms with Crippen molar-refractivity contribution in [2.45, 2.75) is 18.4 Å². The SMILES string of the molecule is Cl.N=C(N)NCCCC(N)(C(=O)Nc1ccc([N+](=O)[O-])cc1)C(=O)c1ccccc1. The molecule has 0 saturated heterocycles. The Labute approximate surface area is 179 Å². The molecule has 1 atom stereocenters. The Bertz CT molecular complexity index is 907. The van der Waals surface area contributed by atoms with Crippen LogP contribution in [-0.4, -0.2) is 34.7 Å². The van der Waals surface area contributed by atoms with Gasteiger partial charge >= 0.3 is 0 Å². The highest BCUT2D eigenvalue weighted by atomic mass is 35.5. The summed E-state index contributed by atoms with van der Waals surface area (Å²) < 4.78 is 0. The fourth-order valence-electron chi connectivity index (χ4n) is 2.68. The second-order valence-electron chi connectivity index (χ2n) is 6.37. The third-order valence-electron chi connectivity index (χ3n) is 4.25. The molecule has 0 fully saturated rings. The van der Waals surface area contributed by atoms with E-state index in [4.69, 9.17) is 16.9 Å². The van der Waals surface area contributed by atoms with E-state index in [0.29, 0.717) is 6.42 Å². The fraction of sp³-hybridized carbons (Fsp3) is 0.211. The predicted molar refractivity (Wildman–Crippen MR) is 116 cm³/mol. The van der Waals surface area contributed by atoms with Crippen molar-refractivity contribution in [1.82, 2.24) is 5.32 Å². The van der Waals surface area contributed by atoms with Gasteiger partial charge in [-0.1, -0.05) is 30.3 Å². The molecule has 2 aromatic rings. The molecule has 7 N–H and O–H groups in total. The van der Waals surface area contributed by atoms with Gasteiger partial charge in [0.15, 0.2) is 17.3 Å². The van der Waals surface area contributed by atoms with Gasteiger partial charge in [0.2, 0.25) is 0 Å². The second-order valence-corrected chi connectivity index (χ2v) is 6.37. The van der Waals surface area contributed by atoms with E-state index in [9.17, 15) is 19.7 Å². The average Bonchev–Trinajstić information content (AvgIpc) is 2.71. The van der Waals surface area contributed by atoms with Crippen LogP contribution >= 0.6 is 12.4 Å². The Hall–Kier alpha value is -3.50. The largest absolute Gasteiger partial charge is 0.370 e. The molecule has 0 saturated carbocycles. The Balaban J connectivity index is 0.00000450. The highest BCUT2D eigenvalue weighted by Crippen LogP contribution is 2.21. The molecule has 1 amide bonds. The van der Waals surface area contributed by atoms with Crippen molar-refractivity contribution in [3.05, 3.63) is 70.3 Å². The minimum absolute atomic E-state index is 0. The number of carbonyl (C=O) groups is 2. The first-order chi connectivity index (χ1) is 13.7. The van der Waals surface area contributed by atoms with Crippen LogP contribution in [0.4, 0.5) is 11.4 Å². The number of anilines is 1. The first kappa shape index (κ1) is 24.5. The van der Waals surface area contributed by atoms with Crippen LogP contribution in [0.5, 0.6) is 0 Å². The van der Waals surface area contributed by atoms with E-state index < -0.39 is 22.2 Å². The lowest BCUT2D eigenvalue weighted by atomic mass is 9.84. The highest BCUT2D eigenvalue weighted by molar-refractivity contribution is 6.21. The summed E-state index contributed by atoms with van der Waals surface area (Å²) >= 11 is 0. The molecular weight excluding hydrogens is 412 g/mol. The van der Waals surface area contributed by atoms with Crippen LogP contribution < -0.4 is 22.1 Å². The molecule has 10 nitrogen and oxygen atoms in total. The number of halogens is 1. The number of nitro benzene ring substituents is 1. The van der Waals surface area contributed by atoms with Gasteiger partial charge in [-0.2, -0.15) is 0 Å². The molecule has 11 heteroatoms. The van der Waals surface area contributed by atoms with Crippen LogP contribution in [0.3, 0.4) is 0 Å². The number of benzene rings is 2. The molecule has 0 aliphatic heterocycles. The maximum atomic E-state index is 13.0. The first-order valence-corrected chi connectivity index (χ1v) is 8.76. The Kier molecular flexibility index (Phi) is 8.90. The van der Waals surface area contributed by atoms with Gasteiger partial charge in [0.25, 0.3) is 11.6 Å². The van der Waals surface area contributed by atoms with Crippen LogP contribution in [0.15, 0.2) is 54.6 Å². The van der Waals surface area contributed by atoms with Crippen molar-refractivity contribution < 1.29 is 14.5 Å². The molecule has 0 aromatic heterocycles. The number of amides is 1. The van der Waals surface area contributed by atoms with E-state index in [1.165, 1.54) is 24.3 Å². The number of rotatable bonds is 9. The number of guanidine groups is 1. The zero-order valence-electron chi connectivity index (χ0n) is 16.0. The number of hydrogen-bond donors (Lipinski definition) is 5. The molecule has 0 aliphatic carbocycles. The van der Waals surface area contributed by atoms with Crippen LogP contribution in [0.25, 0.3) is 0 Å². The normalized spacial score (nSPS) is 12.0. The summed E-state index contributed by atoms with van der Waals surface area (Å²) in [4.78, 5) is 36.1. The minimum atomic E-state index is -1.87. The van der Waals surface area contributed by atoms with Gasteiger partial charge in [-0.25, -0.2) is 0 Å². The van der Waals surface area contributed by atoms with Crippen LogP contribution in [0.1, 0.15) is 23.2 Å². The van der Waals surface area contributed by atoms with Crippen molar-refractivity contribution in [3.63, 3.8) is 0 Å². The molecule has 2 rings (SSSR count). The van der Waals surface area contributed by atoms with E-state index in [0.717, 1.165) is 0 Å². The molecular formula is C19H23ClN6O4. The lowest BCUT2D eigenvalue weighted by molar-refractivity contribution is -0.384. The molecule has 160 valence electrons. The average molecular weight is 435 g/mol. The Morgan fingerprint density at radius 2 is 1.70 bits per heavy atom. The Morgan fingerprint density at radius 1 is 1.10 bits per heavy atom. The first-order valence-electron chi connectivity index (χ1n) is 8.76. The maximum Gasteiger partial charge on any atom is 0.269 e. The number of Topliss-reactive ketones (excluding diaryl/α,β-unsaturated/α-hetero) is 1. The van der Waals surface area contributed by atoms with Crippen molar-refractivity contribution in [2.75, 3.05) is 11.9 Å². The summed E-state index contributed by atoms with van der Waals surface area (Å²) in [7, 11) is 0. The zero-order chi connectivity index (χ0) is 21.4. The molecule has 0 radical (unpaired) electrons. The van der Waals surface area contributed by atoms with Crippen LogP contribution in [-0.2, 0) is 4.79 Å². The summed E-state index contributed by atoms with van der Waals surface area (Å²) in [6.45, 7) is 0.265. The summed E-state index contributed by atoms with van der Waals surface area (Å²) in [5, 5.41) is 23.1. The zero-order valence-corrected chi connectivity index (χ0v) is 16.8. The van der Waals surface area contributed by atoms with Gasteiger partial charge in [0, 0.05) is 29.9 Å². The van der Waals surface area contributed by atoms with E-state index in [-0.39, 0.29) is 48.3 Å². The van der Waals surface area contributed by atoms with Crippen LogP contribution in [0, 0.1) is 15.5 Å². The van der Waals surface area contributed by atoms with E-state index in [2.05, 4.69) is 10.6 Å².